The Morgan fingerprint density at radius 3 is 2.10 bits per heavy atom. The van der Waals surface area contributed by atoms with Crippen LogP contribution in [-0.4, -0.2) is 0 Å². The quantitative estimate of drug-likeness (QED) is 0.747. The second kappa shape index (κ2) is 10.2. The van der Waals surface area contributed by atoms with Crippen molar-refractivity contribution in [1.29, 1.82) is 5.26 Å². The standard InChI is InChI=1S/C9H10N.C8H8S2.Co/c1-9(2,7-10)8-5-3-4-6-8;9-6-8(10)7-4-2-1-3-5-7;/h3-6H,1-2H3;1-6,9-10H;/q;;+3/p-2/b;8-6-;. The van der Waals surface area contributed by atoms with E-state index in [0.717, 1.165) is 16.4 Å². The fourth-order valence-electron chi connectivity index (χ4n) is 1.53. The minimum Gasteiger partial charge on any atom is -0.789 e. The molecule has 0 aliphatic heterocycles. The average molecular weight is 357 g/mol. The Morgan fingerprint density at radius 2 is 1.67 bits per heavy atom. The molecule has 0 amide bonds. The molecule has 1 aromatic rings. The van der Waals surface area contributed by atoms with Crippen LogP contribution in [-0.2, 0) is 42.0 Å². The topological polar surface area (TPSA) is 23.8 Å². The molecule has 2 rings (SSSR count). The van der Waals surface area contributed by atoms with Gasteiger partial charge >= 0.3 is 16.8 Å². The Kier molecular flexibility index (Phi) is 9.89. The van der Waals surface area contributed by atoms with Crippen molar-refractivity contribution >= 4 is 30.2 Å². The molecular formula is C17H16CoNS2+. The van der Waals surface area contributed by atoms with Crippen LogP contribution in [0.4, 0.5) is 0 Å². The summed E-state index contributed by atoms with van der Waals surface area (Å²) in [6.45, 7) is 3.84. The van der Waals surface area contributed by atoms with Crippen molar-refractivity contribution in [3.8, 4) is 6.07 Å². The van der Waals surface area contributed by atoms with E-state index >= 15 is 0 Å². The zero-order valence-corrected chi connectivity index (χ0v) is 14.5. The van der Waals surface area contributed by atoms with Crippen molar-refractivity contribution in [3.05, 3.63) is 72.9 Å². The van der Waals surface area contributed by atoms with Crippen molar-refractivity contribution in [1.82, 2.24) is 0 Å². The molecule has 21 heavy (non-hydrogen) atoms. The first-order valence-electron chi connectivity index (χ1n) is 6.19. The minimum absolute atomic E-state index is 0. The van der Waals surface area contributed by atoms with Crippen LogP contribution >= 0.6 is 0 Å². The maximum Gasteiger partial charge on any atom is 3.00 e. The van der Waals surface area contributed by atoms with Gasteiger partial charge in [-0.3, -0.25) is 0 Å². The monoisotopic (exact) mass is 357 g/mol. The summed E-state index contributed by atoms with van der Waals surface area (Å²) in [5.74, 6) is 1.09. The van der Waals surface area contributed by atoms with E-state index in [-0.39, 0.29) is 22.2 Å². The predicted molar refractivity (Wildman–Crippen MR) is 89.0 cm³/mol. The third-order valence-corrected chi connectivity index (χ3v) is 3.57. The maximum absolute atomic E-state index is 8.72. The van der Waals surface area contributed by atoms with Crippen molar-refractivity contribution in [3.63, 3.8) is 0 Å². The van der Waals surface area contributed by atoms with Crippen molar-refractivity contribution in [2.75, 3.05) is 0 Å². The molecule has 0 heterocycles. The van der Waals surface area contributed by atoms with Gasteiger partial charge in [-0.15, -0.1) is 0 Å². The maximum atomic E-state index is 8.72. The Morgan fingerprint density at radius 1 is 1.14 bits per heavy atom. The van der Waals surface area contributed by atoms with Crippen LogP contribution in [0.5, 0.6) is 0 Å². The molecule has 1 aliphatic rings. The Balaban J connectivity index is 0.000000364. The second-order valence-corrected chi connectivity index (χ2v) is 5.43. The average Bonchev–Trinajstić information content (AvgIpc) is 3.03. The van der Waals surface area contributed by atoms with E-state index in [4.69, 9.17) is 30.5 Å². The van der Waals surface area contributed by atoms with Gasteiger partial charge in [0.15, 0.2) is 0 Å². The van der Waals surface area contributed by atoms with Crippen molar-refractivity contribution < 1.29 is 16.8 Å². The molecule has 1 fully saturated rings. The number of nitrogens with zero attached hydrogens (tertiary/aromatic N) is 1. The van der Waals surface area contributed by atoms with Crippen LogP contribution in [0.2, 0.25) is 0 Å². The largest absolute Gasteiger partial charge is 3.00 e. The van der Waals surface area contributed by atoms with E-state index < -0.39 is 0 Å². The molecule has 1 aliphatic carbocycles. The molecule has 0 spiro atoms. The van der Waals surface area contributed by atoms with E-state index in [1.807, 2.05) is 69.9 Å². The molecule has 5 radical (unpaired) electrons. The van der Waals surface area contributed by atoms with E-state index in [1.54, 1.807) is 0 Å². The van der Waals surface area contributed by atoms with Gasteiger partial charge in [0.25, 0.3) is 0 Å². The van der Waals surface area contributed by atoms with Crippen LogP contribution < -0.4 is 0 Å². The van der Waals surface area contributed by atoms with Gasteiger partial charge in [0, 0.05) is 5.92 Å². The van der Waals surface area contributed by atoms with Crippen molar-refractivity contribution in [2.45, 2.75) is 13.8 Å². The molecule has 0 atom stereocenters. The second-order valence-electron chi connectivity index (χ2n) is 4.76. The summed E-state index contributed by atoms with van der Waals surface area (Å²) in [6, 6.07) is 12.0. The summed E-state index contributed by atoms with van der Waals surface area (Å²) in [5.41, 5.74) is 0.691. The number of rotatable bonds is 2. The van der Waals surface area contributed by atoms with Crippen LogP contribution in [0.15, 0.2) is 35.7 Å². The van der Waals surface area contributed by atoms with Crippen LogP contribution in [0.1, 0.15) is 19.4 Å². The van der Waals surface area contributed by atoms with E-state index in [9.17, 15) is 0 Å². The van der Waals surface area contributed by atoms with Gasteiger partial charge in [-0.1, -0.05) is 30.3 Å². The van der Waals surface area contributed by atoms with E-state index in [1.165, 1.54) is 5.41 Å². The predicted octanol–water partition coefficient (Wildman–Crippen LogP) is 4.02. The molecule has 109 valence electrons. The van der Waals surface area contributed by atoms with Crippen LogP contribution in [0.25, 0.3) is 4.91 Å². The summed E-state index contributed by atoms with van der Waals surface area (Å²) in [5, 5.41) is 10.2. The zero-order valence-electron chi connectivity index (χ0n) is 11.9. The van der Waals surface area contributed by atoms with Gasteiger partial charge in [-0.2, -0.15) is 10.2 Å². The molecule has 0 N–H and O–H groups in total. The zero-order chi connectivity index (χ0) is 15.0. The molecule has 1 aromatic carbocycles. The van der Waals surface area contributed by atoms with Gasteiger partial charge < -0.3 is 25.3 Å². The number of hydrogen-bond acceptors (Lipinski definition) is 3. The van der Waals surface area contributed by atoms with Gasteiger partial charge in [0.1, 0.15) is 0 Å². The number of benzene rings is 1. The SMILES string of the molecule is CC(C)(C#N)[C]1[CH][CH][CH][CH]1.[Co+3].[S-]/C=C(\[S-])c1ccccc1. The van der Waals surface area contributed by atoms with Gasteiger partial charge in [-0.25, -0.2) is 5.41 Å². The van der Waals surface area contributed by atoms with Crippen molar-refractivity contribution in [2.24, 2.45) is 5.41 Å². The fourth-order valence-corrected chi connectivity index (χ4v) is 1.80. The molecule has 1 nitrogen and oxygen atoms in total. The van der Waals surface area contributed by atoms with Crippen LogP contribution in [0, 0.1) is 48.3 Å². The molecule has 0 saturated heterocycles. The summed E-state index contributed by atoms with van der Waals surface area (Å²) in [7, 11) is 0. The summed E-state index contributed by atoms with van der Waals surface area (Å²) >= 11 is 9.65. The normalized spacial score (nSPS) is 15.4. The molecule has 1 saturated carbocycles. The molecular weight excluding hydrogens is 341 g/mol. The van der Waals surface area contributed by atoms with E-state index in [0.29, 0.717) is 0 Å². The Bertz CT molecular complexity index is 471. The fraction of sp³-hybridized carbons (Fsp3) is 0.176. The van der Waals surface area contributed by atoms with Gasteiger partial charge in [0.2, 0.25) is 0 Å². The third-order valence-electron chi connectivity index (χ3n) is 2.83. The summed E-state index contributed by atoms with van der Waals surface area (Å²) in [6.07, 6.45) is 7.86. The first kappa shape index (κ1) is 20.4. The molecule has 0 unspecified atom stereocenters. The van der Waals surface area contributed by atoms with E-state index in [2.05, 4.69) is 6.07 Å². The minimum atomic E-state index is -0.330. The first-order chi connectivity index (χ1) is 9.51. The first-order valence-corrected chi connectivity index (χ1v) is 7.07. The molecule has 0 aromatic heterocycles. The molecule has 4 heteroatoms. The Labute approximate surface area is 150 Å². The van der Waals surface area contributed by atoms with Crippen LogP contribution in [0.3, 0.4) is 0 Å². The number of nitriles is 1. The number of hydrogen-bond donors (Lipinski definition) is 0. The molecule has 0 bridgehead atoms. The summed E-state index contributed by atoms with van der Waals surface area (Å²) in [4.78, 5) is 0.732. The summed E-state index contributed by atoms with van der Waals surface area (Å²) < 4.78 is 0. The third kappa shape index (κ3) is 6.79. The van der Waals surface area contributed by atoms with Gasteiger partial charge in [-0.05, 0) is 45.1 Å². The Hall–Kier alpha value is -0.604. The smallest absolute Gasteiger partial charge is 0.789 e. The van der Waals surface area contributed by atoms with Gasteiger partial charge in [0.05, 0.1) is 11.5 Å².